The summed E-state index contributed by atoms with van der Waals surface area (Å²) in [6.07, 6.45) is 4.64. The van der Waals surface area contributed by atoms with Gasteiger partial charge in [0.1, 0.15) is 5.82 Å². The molecule has 1 heterocycles. The van der Waals surface area contributed by atoms with Crippen LogP contribution in [-0.2, 0) is 0 Å². The van der Waals surface area contributed by atoms with Crippen LogP contribution in [0.25, 0.3) is 0 Å². The monoisotopic (exact) mass is 405 g/mol. The number of unbranched alkanes of at least 4 members (excludes halogenated alkanes) is 2. The molecular weight excluding hydrogens is 379 g/mol. The Kier molecular flexibility index (Phi) is 7.28. The number of amides is 1. The number of nitrogens with zero attached hydrogens (tertiary/aromatic N) is 1. The van der Waals surface area contributed by atoms with Crippen LogP contribution in [0.2, 0.25) is 0 Å². The maximum absolute atomic E-state index is 13.7. The minimum absolute atomic E-state index is 0.172. The Morgan fingerprint density at radius 3 is 2.55 bits per heavy atom. The molecule has 2 atom stereocenters. The molecule has 1 saturated heterocycles. The summed E-state index contributed by atoms with van der Waals surface area (Å²) >= 11 is 0. The molecule has 2 unspecified atom stereocenters. The first-order valence-corrected chi connectivity index (χ1v) is 9.91. The Morgan fingerprint density at radius 2 is 1.79 bits per heavy atom. The van der Waals surface area contributed by atoms with Crippen LogP contribution < -0.4 is 10.9 Å². The SMILES string of the molecule is CN(CCCCCC1CC(c2ccc(F)cc2)NN1)C(=O)c1cccc(F)c1F. The molecule has 2 aromatic rings. The number of hydrogen-bond donors (Lipinski definition) is 2. The van der Waals surface area contributed by atoms with Gasteiger partial charge in [-0.3, -0.25) is 15.6 Å². The van der Waals surface area contributed by atoms with Gasteiger partial charge in [0.15, 0.2) is 11.6 Å². The molecule has 0 spiro atoms. The van der Waals surface area contributed by atoms with Crippen molar-refractivity contribution in [2.24, 2.45) is 0 Å². The number of carbonyl (C=O) groups is 1. The first kappa shape index (κ1) is 21.3. The van der Waals surface area contributed by atoms with Crippen LogP contribution in [0.3, 0.4) is 0 Å². The van der Waals surface area contributed by atoms with Crippen LogP contribution in [0.1, 0.15) is 54.1 Å². The van der Waals surface area contributed by atoms with Gasteiger partial charge in [0.25, 0.3) is 5.91 Å². The molecule has 29 heavy (non-hydrogen) atoms. The second kappa shape index (κ2) is 9.89. The van der Waals surface area contributed by atoms with Crippen molar-refractivity contribution < 1.29 is 18.0 Å². The number of rotatable bonds is 8. The largest absolute Gasteiger partial charge is 0.342 e. The molecule has 1 aliphatic rings. The van der Waals surface area contributed by atoms with E-state index in [0.29, 0.717) is 12.6 Å². The standard InChI is InChI=1S/C22H26F3N3O/c1-28(22(29)18-7-5-8-19(24)21(18)25)13-4-2-3-6-17-14-20(27-26-17)15-9-11-16(23)12-10-15/h5,7-12,17,20,26-27H,2-4,6,13-14H2,1H3. The lowest BCUT2D eigenvalue weighted by Gasteiger charge is -2.18. The lowest BCUT2D eigenvalue weighted by molar-refractivity contribution is 0.0786. The van der Waals surface area contributed by atoms with Crippen LogP contribution in [0.5, 0.6) is 0 Å². The molecule has 0 saturated carbocycles. The average Bonchev–Trinajstić information content (AvgIpc) is 3.18. The maximum atomic E-state index is 13.7. The Labute approximate surface area is 169 Å². The molecular formula is C22H26F3N3O. The Balaban J connectivity index is 1.35. The molecule has 0 aromatic heterocycles. The van der Waals surface area contributed by atoms with Crippen LogP contribution in [0.4, 0.5) is 13.2 Å². The van der Waals surface area contributed by atoms with Gasteiger partial charge in [-0.1, -0.05) is 31.0 Å². The van der Waals surface area contributed by atoms with E-state index in [1.807, 2.05) is 0 Å². The predicted molar refractivity (Wildman–Crippen MR) is 106 cm³/mol. The van der Waals surface area contributed by atoms with Crippen molar-refractivity contribution in [2.75, 3.05) is 13.6 Å². The highest BCUT2D eigenvalue weighted by molar-refractivity contribution is 5.94. The van der Waals surface area contributed by atoms with E-state index < -0.39 is 17.5 Å². The molecule has 0 bridgehead atoms. The van der Waals surface area contributed by atoms with Gasteiger partial charge in [-0.2, -0.15) is 0 Å². The summed E-state index contributed by atoms with van der Waals surface area (Å²) in [6.45, 7) is 0.489. The third-order valence-corrected chi connectivity index (χ3v) is 5.33. The third-order valence-electron chi connectivity index (χ3n) is 5.33. The molecule has 2 N–H and O–H groups in total. The molecule has 4 nitrogen and oxygen atoms in total. The first-order valence-electron chi connectivity index (χ1n) is 9.91. The Hall–Kier alpha value is -2.38. The molecule has 2 aromatic carbocycles. The van der Waals surface area contributed by atoms with E-state index in [9.17, 15) is 18.0 Å². The first-order chi connectivity index (χ1) is 14.0. The summed E-state index contributed by atoms with van der Waals surface area (Å²) in [4.78, 5) is 13.7. The fraction of sp³-hybridized carbons (Fsp3) is 0.409. The smallest absolute Gasteiger partial charge is 0.256 e. The van der Waals surface area contributed by atoms with Crippen molar-refractivity contribution >= 4 is 5.91 Å². The van der Waals surface area contributed by atoms with Crippen LogP contribution in [0.15, 0.2) is 42.5 Å². The van der Waals surface area contributed by atoms with E-state index in [0.717, 1.165) is 43.7 Å². The highest BCUT2D eigenvalue weighted by Crippen LogP contribution is 2.24. The normalized spacial score (nSPS) is 18.8. The Bertz CT molecular complexity index is 829. The zero-order valence-corrected chi connectivity index (χ0v) is 16.4. The average molecular weight is 405 g/mol. The van der Waals surface area contributed by atoms with Crippen molar-refractivity contribution in [2.45, 2.75) is 44.2 Å². The lowest BCUT2D eigenvalue weighted by atomic mass is 9.99. The summed E-state index contributed by atoms with van der Waals surface area (Å²) in [6, 6.07) is 10.7. The van der Waals surface area contributed by atoms with Crippen LogP contribution in [-0.4, -0.2) is 30.4 Å². The van der Waals surface area contributed by atoms with E-state index in [1.54, 1.807) is 19.2 Å². The van der Waals surface area contributed by atoms with Crippen LogP contribution >= 0.6 is 0 Å². The molecule has 3 rings (SSSR count). The van der Waals surface area contributed by atoms with E-state index in [1.165, 1.54) is 29.2 Å². The van der Waals surface area contributed by atoms with E-state index in [4.69, 9.17) is 0 Å². The second-order valence-corrected chi connectivity index (χ2v) is 7.50. The zero-order valence-electron chi connectivity index (χ0n) is 16.4. The summed E-state index contributed by atoms with van der Waals surface area (Å²) in [5, 5.41) is 0. The number of hydrazine groups is 1. The maximum Gasteiger partial charge on any atom is 0.256 e. The summed E-state index contributed by atoms with van der Waals surface area (Å²) in [5.74, 6) is -2.86. The van der Waals surface area contributed by atoms with Crippen molar-refractivity contribution in [3.05, 3.63) is 71.0 Å². The van der Waals surface area contributed by atoms with Gasteiger partial charge in [0, 0.05) is 25.7 Å². The highest BCUT2D eigenvalue weighted by Gasteiger charge is 2.24. The predicted octanol–water partition coefficient (Wildman–Crippen LogP) is 4.34. The molecule has 0 aliphatic carbocycles. The highest BCUT2D eigenvalue weighted by atomic mass is 19.2. The fourth-order valence-electron chi connectivity index (χ4n) is 3.62. The van der Waals surface area contributed by atoms with Crippen molar-refractivity contribution in [3.8, 4) is 0 Å². The molecule has 156 valence electrons. The number of carbonyl (C=O) groups excluding carboxylic acids is 1. The molecule has 1 fully saturated rings. The van der Waals surface area contributed by atoms with Gasteiger partial charge in [0.2, 0.25) is 0 Å². The minimum Gasteiger partial charge on any atom is -0.342 e. The number of halogens is 3. The summed E-state index contributed by atoms with van der Waals surface area (Å²) < 4.78 is 40.1. The Morgan fingerprint density at radius 1 is 1.03 bits per heavy atom. The topological polar surface area (TPSA) is 44.4 Å². The summed E-state index contributed by atoms with van der Waals surface area (Å²) in [7, 11) is 1.60. The number of nitrogens with one attached hydrogen (secondary N) is 2. The second-order valence-electron chi connectivity index (χ2n) is 7.50. The minimum atomic E-state index is -1.10. The number of benzene rings is 2. The third kappa shape index (κ3) is 5.58. The zero-order chi connectivity index (χ0) is 20.8. The van der Waals surface area contributed by atoms with Gasteiger partial charge in [-0.15, -0.1) is 0 Å². The van der Waals surface area contributed by atoms with Gasteiger partial charge < -0.3 is 4.90 Å². The molecule has 1 amide bonds. The summed E-state index contributed by atoms with van der Waals surface area (Å²) in [5.41, 5.74) is 7.36. The fourth-order valence-corrected chi connectivity index (χ4v) is 3.62. The van der Waals surface area contributed by atoms with Crippen LogP contribution in [0, 0.1) is 17.5 Å². The van der Waals surface area contributed by atoms with E-state index in [-0.39, 0.29) is 17.4 Å². The molecule has 7 heteroatoms. The van der Waals surface area contributed by atoms with Crippen molar-refractivity contribution in [1.82, 2.24) is 15.8 Å². The van der Waals surface area contributed by atoms with Gasteiger partial charge in [0.05, 0.1) is 5.56 Å². The molecule has 1 aliphatic heterocycles. The van der Waals surface area contributed by atoms with Gasteiger partial charge in [-0.25, -0.2) is 13.2 Å². The lowest BCUT2D eigenvalue weighted by Crippen LogP contribution is -2.31. The number of hydrogen-bond acceptors (Lipinski definition) is 3. The van der Waals surface area contributed by atoms with Gasteiger partial charge >= 0.3 is 0 Å². The van der Waals surface area contributed by atoms with Crippen molar-refractivity contribution in [3.63, 3.8) is 0 Å². The van der Waals surface area contributed by atoms with Gasteiger partial charge in [-0.05, 0) is 49.1 Å². The quantitative estimate of drug-likeness (QED) is 0.642. The molecule has 0 radical (unpaired) electrons. The van der Waals surface area contributed by atoms with E-state index >= 15 is 0 Å². The van der Waals surface area contributed by atoms with Crippen molar-refractivity contribution in [1.29, 1.82) is 0 Å². The van der Waals surface area contributed by atoms with E-state index in [2.05, 4.69) is 10.9 Å².